The van der Waals surface area contributed by atoms with E-state index >= 15 is 0 Å². The van der Waals surface area contributed by atoms with Gasteiger partial charge in [-0.1, -0.05) is 0 Å². The SMILES string of the molecule is CCOC(=O)N1C2=CC(N3CCC(N(C(=O)OC)C4=CC=C(F)CC4)CC3)CC1CC2. The van der Waals surface area contributed by atoms with Gasteiger partial charge in [0.15, 0.2) is 0 Å². The van der Waals surface area contributed by atoms with Crippen molar-refractivity contribution < 1.29 is 23.5 Å². The minimum Gasteiger partial charge on any atom is -0.452 e. The molecule has 3 aliphatic heterocycles. The van der Waals surface area contributed by atoms with Gasteiger partial charge in [-0.15, -0.1) is 0 Å². The highest BCUT2D eigenvalue weighted by Gasteiger charge is 2.41. The van der Waals surface area contributed by atoms with Gasteiger partial charge < -0.3 is 9.47 Å². The minimum atomic E-state index is -0.372. The number of amides is 2. The molecule has 4 rings (SSSR count). The van der Waals surface area contributed by atoms with E-state index in [2.05, 4.69) is 11.0 Å². The molecule has 2 saturated heterocycles. The number of nitrogens with zero attached hydrogens (tertiary/aromatic N) is 3. The standard InChI is InChI=1S/C23H32FN3O4/c1-3-31-23(29)27-19-8-9-20(27)15-21(14-19)25-12-10-18(11-13-25)26(22(28)30-2)17-6-4-16(24)5-7-17/h4,6,14,18,20-21H,3,5,7-13,15H2,1-2H3. The van der Waals surface area contributed by atoms with E-state index in [0.717, 1.165) is 56.6 Å². The monoisotopic (exact) mass is 433 g/mol. The Morgan fingerprint density at radius 3 is 2.55 bits per heavy atom. The maximum absolute atomic E-state index is 13.4. The third-order valence-electron chi connectivity index (χ3n) is 6.86. The fourth-order valence-corrected chi connectivity index (χ4v) is 5.34. The van der Waals surface area contributed by atoms with Gasteiger partial charge in [0.1, 0.15) is 5.83 Å². The Labute approximate surface area is 183 Å². The number of ether oxygens (including phenoxy) is 2. The number of piperidine rings is 1. The van der Waals surface area contributed by atoms with E-state index in [0.29, 0.717) is 25.5 Å². The summed E-state index contributed by atoms with van der Waals surface area (Å²) in [6, 6.07) is 0.572. The molecular formula is C23H32FN3O4. The molecule has 2 atom stereocenters. The smallest absolute Gasteiger partial charge is 0.414 e. The second kappa shape index (κ2) is 9.42. The first kappa shape index (κ1) is 21.9. The van der Waals surface area contributed by atoms with E-state index in [1.165, 1.54) is 13.2 Å². The number of allylic oxidation sites excluding steroid dienone is 5. The number of likely N-dealkylation sites (tertiary alicyclic amines) is 1. The molecule has 8 heteroatoms. The van der Waals surface area contributed by atoms with Crippen molar-refractivity contribution in [3.8, 4) is 0 Å². The maximum atomic E-state index is 13.4. The number of halogens is 1. The van der Waals surface area contributed by atoms with Gasteiger partial charge >= 0.3 is 12.2 Å². The predicted molar refractivity (Wildman–Crippen MR) is 114 cm³/mol. The Morgan fingerprint density at radius 1 is 1.16 bits per heavy atom. The zero-order valence-electron chi connectivity index (χ0n) is 18.4. The van der Waals surface area contributed by atoms with Gasteiger partial charge in [0, 0.05) is 49.0 Å². The number of fused-ring (bicyclic) bond motifs is 2. The van der Waals surface area contributed by atoms with Crippen molar-refractivity contribution in [3.05, 3.63) is 35.4 Å². The first-order chi connectivity index (χ1) is 15.0. The zero-order chi connectivity index (χ0) is 22.0. The lowest BCUT2D eigenvalue weighted by Crippen LogP contribution is -2.51. The van der Waals surface area contributed by atoms with Gasteiger partial charge in [0.25, 0.3) is 0 Å². The van der Waals surface area contributed by atoms with Crippen LogP contribution in [0.2, 0.25) is 0 Å². The van der Waals surface area contributed by atoms with Crippen molar-refractivity contribution in [1.82, 2.24) is 14.7 Å². The fourth-order valence-electron chi connectivity index (χ4n) is 5.34. The largest absolute Gasteiger partial charge is 0.452 e. The van der Waals surface area contributed by atoms with Crippen LogP contribution in [0.3, 0.4) is 0 Å². The maximum Gasteiger partial charge on any atom is 0.414 e. The Bertz CT molecular complexity index is 801. The van der Waals surface area contributed by atoms with Gasteiger partial charge in [0.05, 0.1) is 13.7 Å². The van der Waals surface area contributed by atoms with Crippen molar-refractivity contribution in [3.63, 3.8) is 0 Å². The summed E-state index contributed by atoms with van der Waals surface area (Å²) < 4.78 is 23.7. The van der Waals surface area contributed by atoms with E-state index in [-0.39, 0.29) is 30.1 Å². The van der Waals surface area contributed by atoms with E-state index in [1.807, 2.05) is 11.8 Å². The Kier molecular flexibility index (Phi) is 6.65. The van der Waals surface area contributed by atoms with Gasteiger partial charge in [-0.3, -0.25) is 14.7 Å². The molecule has 4 aliphatic rings. The fraction of sp³-hybridized carbons (Fsp3) is 0.652. The molecule has 2 bridgehead atoms. The normalized spacial score (nSPS) is 26.7. The summed E-state index contributed by atoms with van der Waals surface area (Å²) in [4.78, 5) is 30.8. The third-order valence-corrected chi connectivity index (χ3v) is 6.86. The average Bonchev–Trinajstić information content (AvgIpc) is 3.05. The van der Waals surface area contributed by atoms with Crippen LogP contribution in [0.5, 0.6) is 0 Å². The molecule has 7 nitrogen and oxygen atoms in total. The van der Waals surface area contributed by atoms with E-state index < -0.39 is 0 Å². The average molecular weight is 434 g/mol. The topological polar surface area (TPSA) is 62.3 Å². The minimum absolute atomic E-state index is 0.0495. The van der Waals surface area contributed by atoms with Gasteiger partial charge in [-0.05, 0) is 63.7 Å². The summed E-state index contributed by atoms with van der Waals surface area (Å²) in [6.07, 6.45) is 10.1. The number of carbonyl (C=O) groups is 2. The molecule has 2 fully saturated rings. The van der Waals surface area contributed by atoms with Crippen LogP contribution in [0.15, 0.2) is 35.4 Å². The van der Waals surface area contributed by atoms with Crippen molar-refractivity contribution in [1.29, 1.82) is 0 Å². The summed E-state index contributed by atoms with van der Waals surface area (Å²) in [5.74, 6) is -0.153. The summed E-state index contributed by atoms with van der Waals surface area (Å²) in [7, 11) is 1.39. The number of rotatable bonds is 4. The number of carbonyl (C=O) groups excluding carboxylic acids is 2. The summed E-state index contributed by atoms with van der Waals surface area (Å²) >= 11 is 0. The molecule has 2 unspecified atom stereocenters. The van der Waals surface area contributed by atoms with Crippen molar-refractivity contribution in [2.75, 3.05) is 26.8 Å². The molecule has 31 heavy (non-hydrogen) atoms. The molecule has 170 valence electrons. The van der Waals surface area contributed by atoms with Gasteiger partial charge in [-0.25, -0.2) is 14.0 Å². The molecule has 0 aromatic heterocycles. The molecule has 0 N–H and O–H groups in total. The molecule has 2 amide bonds. The van der Waals surface area contributed by atoms with E-state index in [9.17, 15) is 14.0 Å². The first-order valence-electron chi connectivity index (χ1n) is 11.3. The summed E-state index contributed by atoms with van der Waals surface area (Å²) in [5.41, 5.74) is 1.91. The molecule has 0 spiro atoms. The lowest BCUT2D eigenvalue weighted by molar-refractivity contribution is 0.0729. The second-order valence-corrected chi connectivity index (χ2v) is 8.60. The highest BCUT2D eigenvalue weighted by molar-refractivity contribution is 5.71. The highest BCUT2D eigenvalue weighted by atomic mass is 19.1. The molecule has 0 aromatic carbocycles. The highest BCUT2D eigenvalue weighted by Crippen LogP contribution is 2.38. The summed E-state index contributed by atoms with van der Waals surface area (Å²) in [6.45, 7) is 3.97. The van der Waals surface area contributed by atoms with Crippen molar-refractivity contribution in [2.45, 2.75) is 70.0 Å². The molecule has 0 radical (unpaired) electrons. The zero-order valence-corrected chi connectivity index (χ0v) is 18.4. The van der Waals surface area contributed by atoms with Gasteiger partial charge in [0.2, 0.25) is 0 Å². The van der Waals surface area contributed by atoms with Crippen molar-refractivity contribution in [2.24, 2.45) is 0 Å². The molecular weight excluding hydrogens is 401 g/mol. The van der Waals surface area contributed by atoms with E-state index in [1.54, 1.807) is 11.0 Å². The van der Waals surface area contributed by atoms with E-state index in [4.69, 9.17) is 9.47 Å². The second-order valence-electron chi connectivity index (χ2n) is 8.60. The molecule has 0 saturated carbocycles. The van der Waals surface area contributed by atoms with Crippen LogP contribution in [-0.4, -0.2) is 71.8 Å². The lowest BCUT2D eigenvalue weighted by Gasteiger charge is -2.43. The lowest BCUT2D eigenvalue weighted by atomic mass is 9.96. The number of hydrogen-bond acceptors (Lipinski definition) is 5. The van der Waals surface area contributed by atoms with Crippen LogP contribution in [0, 0.1) is 0 Å². The molecule has 0 aromatic rings. The van der Waals surface area contributed by atoms with Crippen LogP contribution in [0.25, 0.3) is 0 Å². The van der Waals surface area contributed by atoms with Gasteiger partial charge in [-0.2, -0.15) is 0 Å². The number of hydrogen-bond donors (Lipinski definition) is 0. The quantitative estimate of drug-likeness (QED) is 0.661. The van der Waals surface area contributed by atoms with Crippen LogP contribution in [0.4, 0.5) is 14.0 Å². The Hall–Kier alpha value is -2.35. The molecule has 3 heterocycles. The van der Waals surface area contributed by atoms with Crippen molar-refractivity contribution >= 4 is 12.2 Å². The van der Waals surface area contributed by atoms with Crippen LogP contribution >= 0.6 is 0 Å². The first-order valence-corrected chi connectivity index (χ1v) is 11.3. The van der Waals surface area contributed by atoms with Crippen LogP contribution in [-0.2, 0) is 9.47 Å². The Balaban J connectivity index is 1.40. The summed E-state index contributed by atoms with van der Waals surface area (Å²) in [5, 5.41) is 0. The predicted octanol–water partition coefficient (Wildman–Crippen LogP) is 4.33. The third kappa shape index (κ3) is 4.49. The Morgan fingerprint density at radius 2 is 1.94 bits per heavy atom. The molecule has 1 aliphatic carbocycles. The van der Waals surface area contributed by atoms with Crippen LogP contribution in [0.1, 0.15) is 51.9 Å². The number of methoxy groups -OCH3 is 1. The van der Waals surface area contributed by atoms with Crippen LogP contribution < -0.4 is 0 Å².